The van der Waals surface area contributed by atoms with Crippen molar-refractivity contribution in [3.05, 3.63) is 29.8 Å². The lowest BCUT2D eigenvalue weighted by Crippen LogP contribution is -2.07. The van der Waals surface area contributed by atoms with Crippen LogP contribution in [0.3, 0.4) is 0 Å². The summed E-state index contributed by atoms with van der Waals surface area (Å²) in [5, 5.41) is 3.36. The highest BCUT2D eigenvalue weighted by Gasteiger charge is 2.20. The van der Waals surface area contributed by atoms with Crippen molar-refractivity contribution in [1.82, 2.24) is 0 Å². The van der Waals surface area contributed by atoms with Crippen molar-refractivity contribution in [2.24, 2.45) is 0 Å². The van der Waals surface area contributed by atoms with Gasteiger partial charge in [0, 0.05) is 25.3 Å². The van der Waals surface area contributed by atoms with Crippen LogP contribution in [0.15, 0.2) is 24.3 Å². The van der Waals surface area contributed by atoms with Gasteiger partial charge in [-0.25, -0.2) is 0 Å². The van der Waals surface area contributed by atoms with Crippen LogP contribution >= 0.6 is 0 Å². The van der Waals surface area contributed by atoms with E-state index in [1.54, 1.807) is 7.11 Å². The molecular weight excluding hydrogens is 150 g/mol. The molecule has 0 aromatic heterocycles. The fourth-order valence-corrected chi connectivity index (χ4v) is 1.71. The smallest absolute Gasteiger partial charge is 0.0548 e. The van der Waals surface area contributed by atoms with Gasteiger partial charge in [-0.2, -0.15) is 0 Å². The van der Waals surface area contributed by atoms with E-state index in [4.69, 9.17) is 4.74 Å². The minimum atomic E-state index is 0.534. The fraction of sp³-hybridized carbons (Fsp3) is 0.400. The standard InChI is InChI=1S/C10H13NO/c1-12-7-8-6-11-10-5-3-2-4-9(8)10/h2-5,8,11H,6-7H2,1H3. The first kappa shape index (κ1) is 7.62. The van der Waals surface area contributed by atoms with Crippen molar-refractivity contribution >= 4 is 5.69 Å². The topological polar surface area (TPSA) is 21.3 Å². The van der Waals surface area contributed by atoms with E-state index in [0.717, 1.165) is 13.2 Å². The van der Waals surface area contributed by atoms with Crippen molar-refractivity contribution in [1.29, 1.82) is 0 Å². The van der Waals surface area contributed by atoms with Crippen LogP contribution in [0.5, 0.6) is 0 Å². The molecule has 1 aromatic carbocycles. The second-order valence-electron chi connectivity index (χ2n) is 3.12. The summed E-state index contributed by atoms with van der Waals surface area (Å²) < 4.78 is 5.14. The van der Waals surface area contributed by atoms with E-state index in [0.29, 0.717) is 5.92 Å². The molecule has 1 heterocycles. The lowest BCUT2D eigenvalue weighted by Gasteiger charge is -2.07. The molecule has 0 radical (unpaired) electrons. The lowest BCUT2D eigenvalue weighted by molar-refractivity contribution is 0.184. The quantitative estimate of drug-likeness (QED) is 0.718. The average molecular weight is 163 g/mol. The normalized spacial score (nSPS) is 20.2. The molecule has 2 rings (SSSR count). The zero-order chi connectivity index (χ0) is 8.39. The third-order valence-electron chi connectivity index (χ3n) is 2.31. The highest BCUT2D eigenvalue weighted by Crippen LogP contribution is 2.30. The van der Waals surface area contributed by atoms with Gasteiger partial charge in [-0.15, -0.1) is 0 Å². The number of ether oxygens (including phenoxy) is 1. The Kier molecular flexibility index (Phi) is 2.00. The second kappa shape index (κ2) is 3.15. The van der Waals surface area contributed by atoms with Crippen LogP contribution in [0.1, 0.15) is 11.5 Å². The summed E-state index contributed by atoms with van der Waals surface area (Å²) in [4.78, 5) is 0. The molecule has 2 nitrogen and oxygen atoms in total. The Bertz CT molecular complexity index is 270. The van der Waals surface area contributed by atoms with E-state index < -0.39 is 0 Å². The lowest BCUT2D eigenvalue weighted by atomic mass is 10.0. The van der Waals surface area contributed by atoms with Gasteiger partial charge in [0.05, 0.1) is 6.61 Å². The zero-order valence-electron chi connectivity index (χ0n) is 7.21. The van der Waals surface area contributed by atoms with Gasteiger partial charge < -0.3 is 10.1 Å². The van der Waals surface area contributed by atoms with Gasteiger partial charge >= 0.3 is 0 Å². The first-order valence-corrected chi connectivity index (χ1v) is 4.23. The summed E-state index contributed by atoms with van der Waals surface area (Å²) in [5.41, 5.74) is 2.65. The van der Waals surface area contributed by atoms with Gasteiger partial charge in [0.25, 0.3) is 0 Å². The molecule has 1 aliphatic heterocycles. The molecule has 0 amide bonds. The predicted octanol–water partition coefficient (Wildman–Crippen LogP) is 1.84. The first-order chi connectivity index (χ1) is 5.92. The maximum Gasteiger partial charge on any atom is 0.0548 e. The number of fused-ring (bicyclic) bond motifs is 1. The Balaban J connectivity index is 2.24. The van der Waals surface area contributed by atoms with Crippen molar-refractivity contribution in [3.8, 4) is 0 Å². The molecule has 0 saturated carbocycles. The monoisotopic (exact) mass is 163 g/mol. The van der Waals surface area contributed by atoms with E-state index in [1.165, 1.54) is 11.3 Å². The van der Waals surface area contributed by atoms with E-state index >= 15 is 0 Å². The molecule has 1 aromatic rings. The molecule has 1 aliphatic rings. The molecule has 0 bridgehead atoms. The molecule has 0 saturated heterocycles. The average Bonchev–Trinajstić information content (AvgIpc) is 2.50. The van der Waals surface area contributed by atoms with Crippen molar-refractivity contribution in [2.45, 2.75) is 5.92 Å². The van der Waals surface area contributed by atoms with Gasteiger partial charge in [-0.05, 0) is 11.6 Å². The third kappa shape index (κ3) is 1.18. The number of benzene rings is 1. The zero-order valence-corrected chi connectivity index (χ0v) is 7.21. The van der Waals surface area contributed by atoms with Crippen molar-refractivity contribution < 1.29 is 4.74 Å². The number of hydrogen-bond acceptors (Lipinski definition) is 2. The molecule has 12 heavy (non-hydrogen) atoms. The molecule has 2 heteroatoms. The van der Waals surface area contributed by atoms with Gasteiger partial charge in [0.1, 0.15) is 0 Å². The Hall–Kier alpha value is -1.02. The minimum absolute atomic E-state index is 0.534. The van der Waals surface area contributed by atoms with Crippen LogP contribution in [0.2, 0.25) is 0 Å². The SMILES string of the molecule is COCC1CNc2ccccc21. The van der Waals surface area contributed by atoms with Gasteiger partial charge in [0.15, 0.2) is 0 Å². The van der Waals surface area contributed by atoms with E-state index in [1.807, 2.05) is 0 Å². The Labute approximate surface area is 72.5 Å². The van der Waals surface area contributed by atoms with Crippen molar-refractivity contribution in [3.63, 3.8) is 0 Å². The van der Waals surface area contributed by atoms with Crippen LogP contribution in [0.4, 0.5) is 5.69 Å². The molecule has 0 aliphatic carbocycles. The number of methoxy groups -OCH3 is 1. The Morgan fingerprint density at radius 2 is 2.33 bits per heavy atom. The number of para-hydroxylation sites is 1. The largest absolute Gasteiger partial charge is 0.384 e. The second-order valence-corrected chi connectivity index (χ2v) is 3.12. The molecule has 1 atom stereocenters. The summed E-state index contributed by atoms with van der Waals surface area (Å²) in [5.74, 6) is 0.534. The van der Waals surface area contributed by atoms with Gasteiger partial charge in [0.2, 0.25) is 0 Å². The summed E-state index contributed by atoms with van der Waals surface area (Å²) in [6.07, 6.45) is 0. The van der Waals surface area contributed by atoms with Gasteiger partial charge in [-0.1, -0.05) is 18.2 Å². The molecule has 1 unspecified atom stereocenters. The minimum Gasteiger partial charge on any atom is -0.384 e. The van der Waals surface area contributed by atoms with Crippen LogP contribution in [-0.4, -0.2) is 20.3 Å². The van der Waals surface area contributed by atoms with Gasteiger partial charge in [-0.3, -0.25) is 0 Å². The molecule has 0 fully saturated rings. The van der Waals surface area contributed by atoms with E-state index in [-0.39, 0.29) is 0 Å². The third-order valence-corrected chi connectivity index (χ3v) is 2.31. The Morgan fingerprint density at radius 3 is 3.17 bits per heavy atom. The van der Waals surface area contributed by atoms with Crippen LogP contribution < -0.4 is 5.32 Å². The van der Waals surface area contributed by atoms with Crippen molar-refractivity contribution in [2.75, 3.05) is 25.6 Å². The highest BCUT2D eigenvalue weighted by atomic mass is 16.5. The molecule has 1 N–H and O–H groups in total. The van der Waals surface area contributed by atoms with Crippen LogP contribution in [-0.2, 0) is 4.74 Å². The number of rotatable bonds is 2. The Morgan fingerprint density at radius 1 is 1.50 bits per heavy atom. The van der Waals surface area contributed by atoms with E-state index in [2.05, 4.69) is 29.6 Å². The summed E-state index contributed by atoms with van der Waals surface area (Å²) in [6, 6.07) is 8.42. The van der Waals surface area contributed by atoms with Crippen LogP contribution in [0, 0.1) is 0 Å². The maximum absolute atomic E-state index is 5.14. The first-order valence-electron chi connectivity index (χ1n) is 4.23. The summed E-state index contributed by atoms with van der Waals surface area (Å²) in [6.45, 7) is 1.82. The molecule has 64 valence electrons. The highest BCUT2D eigenvalue weighted by molar-refractivity contribution is 5.57. The number of nitrogens with one attached hydrogen (secondary N) is 1. The van der Waals surface area contributed by atoms with E-state index in [9.17, 15) is 0 Å². The maximum atomic E-state index is 5.14. The van der Waals surface area contributed by atoms with Crippen LogP contribution in [0.25, 0.3) is 0 Å². The summed E-state index contributed by atoms with van der Waals surface area (Å²) in [7, 11) is 1.75. The molecular formula is C10H13NO. The predicted molar refractivity (Wildman–Crippen MR) is 49.5 cm³/mol. The summed E-state index contributed by atoms with van der Waals surface area (Å²) >= 11 is 0. The fourth-order valence-electron chi connectivity index (χ4n) is 1.71. The number of hydrogen-bond donors (Lipinski definition) is 1. The number of anilines is 1. The molecule has 0 spiro atoms.